The van der Waals surface area contributed by atoms with Crippen molar-refractivity contribution in [3.63, 3.8) is 0 Å². The van der Waals surface area contributed by atoms with Gasteiger partial charge in [0.15, 0.2) is 0 Å². The first-order valence-corrected chi connectivity index (χ1v) is 6.61. The molecule has 1 unspecified atom stereocenters. The van der Waals surface area contributed by atoms with Gasteiger partial charge in [-0.1, -0.05) is 29.9 Å². The van der Waals surface area contributed by atoms with Gasteiger partial charge in [0.1, 0.15) is 6.79 Å². The highest BCUT2D eigenvalue weighted by molar-refractivity contribution is 5.29. The summed E-state index contributed by atoms with van der Waals surface area (Å²) < 4.78 is 11.3. The van der Waals surface area contributed by atoms with E-state index in [0.29, 0.717) is 13.2 Å². The molecule has 1 N–H and O–H groups in total. The number of aliphatic hydroxyl groups is 1. The Morgan fingerprint density at radius 3 is 3.00 bits per heavy atom. The van der Waals surface area contributed by atoms with E-state index in [1.54, 1.807) is 0 Å². The van der Waals surface area contributed by atoms with Crippen molar-refractivity contribution in [3.05, 3.63) is 36.5 Å². The van der Waals surface area contributed by atoms with E-state index in [4.69, 9.17) is 9.47 Å². The lowest BCUT2D eigenvalue weighted by molar-refractivity contribution is -0.0372. The van der Waals surface area contributed by atoms with E-state index in [9.17, 15) is 5.11 Å². The molecule has 0 spiro atoms. The minimum atomic E-state index is -0.360. The second-order valence-electron chi connectivity index (χ2n) is 5.44. The third-order valence-electron chi connectivity index (χ3n) is 4.44. The minimum Gasteiger partial charge on any atom is -0.392 e. The molecule has 0 radical (unpaired) electrons. The van der Waals surface area contributed by atoms with Gasteiger partial charge < -0.3 is 14.6 Å². The Kier molecular flexibility index (Phi) is 3.14. The zero-order chi connectivity index (χ0) is 12.7. The van der Waals surface area contributed by atoms with Crippen LogP contribution >= 0.6 is 0 Å². The van der Waals surface area contributed by atoms with Crippen LogP contribution in [0.15, 0.2) is 36.5 Å². The molecule has 0 aromatic rings. The van der Waals surface area contributed by atoms with Crippen molar-refractivity contribution in [2.45, 2.75) is 37.6 Å². The smallest absolute Gasteiger partial charge is 0.147 e. The topological polar surface area (TPSA) is 38.7 Å². The maximum Gasteiger partial charge on any atom is 0.147 e. The molecule has 1 aliphatic heterocycles. The molecule has 98 valence electrons. The lowest BCUT2D eigenvalue weighted by Gasteiger charge is -2.45. The lowest BCUT2D eigenvalue weighted by Crippen LogP contribution is -2.50. The second kappa shape index (κ2) is 4.65. The quantitative estimate of drug-likeness (QED) is 0.761. The van der Waals surface area contributed by atoms with E-state index in [1.807, 2.05) is 6.08 Å². The molecule has 18 heavy (non-hydrogen) atoms. The summed E-state index contributed by atoms with van der Waals surface area (Å²) in [6.07, 6.45) is 6.22. The van der Waals surface area contributed by atoms with E-state index in [0.717, 1.165) is 18.4 Å². The molecule has 3 aliphatic rings. The van der Waals surface area contributed by atoms with Crippen LogP contribution in [0.3, 0.4) is 0 Å². The van der Waals surface area contributed by atoms with Gasteiger partial charge in [-0.05, 0) is 12.8 Å². The summed E-state index contributed by atoms with van der Waals surface area (Å²) in [4.78, 5) is 0. The highest BCUT2D eigenvalue weighted by atomic mass is 16.7. The SMILES string of the molecule is C=CCC1=CCC(=C)[C@H]2C1[C@H](O)C[C@@H]1OCO[C@@H]12. The number of ether oxygens (including phenoxy) is 2. The van der Waals surface area contributed by atoms with Crippen LogP contribution in [-0.4, -0.2) is 30.2 Å². The maximum atomic E-state index is 10.4. The third-order valence-corrected chi connectivity index (χ3v) is 4.44. The zero-order valence-corrected chi connectivity index (χ0v) is 10.5. The van der Waals surface area contributed by atoms with Gasteiger partial charge in [0.05, 0.1) is 18.3 Å². The number of aliphatic hydroxyl groups excluding tert-OH is 1. The van der Waals surface area contributed by atoms with Crippen molar-refractivity contribution >= 4 is 0 Å². The predicted molar refractivity (Wildman–Crippen MR) is 68.9 cm³/mol. The van der Waals surface area contributed by atoms with Gasteiger partial charge >= 0.3 is 0 Å². The van der Waals surface area contributed by atoms with Crippen LogP contribution in [0, 0.1) is 11.8 Å². The molecule has 3 rings (SSSR count). The molecule has 0 amide bonds. The fourth-order valence-electron chi connectivity index (χ4n) is 3.66. The van der Waals surface area contributed by atoms with Crippen molar-refractivity contribution in [2.24, 2.45) is 11.8 Å². The zero-order valence-electron chi connectivity index (χ0n) is 10.5. The molecule has 3 heteroatoms. The largest absolute Gasteiger partial charge is 0.392 e. The first kappa shape index (κ1) is 12.2. The summed E-state index contributed by atoms with van der Waals surface area (Å²) in [5.74, 6) is 0.327. The van der Waals surface area contributed by atoms with Crippen LogP contribution in [0.2, 0.25) is 0 Å². The van der Waals surface area contributed by atoms with Crippen molar-refractivity contribution in [1.29, 1.82) is 0 Å². The molecular weight excluding hydrogens is 228 g/mol. The summed E-state index contributed by atoms with van der Waals surface area (Å²) in [7, 11) is 0. The van der Waals surface area contributed by atoms with Crippen molar-refractivity contribution in [1.82, 2.24) is 0 Å². The lowest BCUT2D eigenvalue weighted by atomic mass is 9.64. The Balaban J connectivity index is 1.94. The molecule has 0 bridgehead atoms. The second-order valence-corrected chi connectivity index (χ2v) is 5.44. The predicted octanol–water partition coefficient (Wildman–Crippen LogP) is 2.19. The third kappa shape index (κ3) is 1.78. The Labute approximate surface area is 108 Å². The number of hydrogen-bond donors (Lipinski definition) is 1. The van der Waals surface area contributed by atoms with Crippen molar-refractivity contribution in [2.75, 3.05) is 6.79 Å². The van der Waals surface area contributed by atoms with Crippen LogP contribution in [0.25, 0.3) is 0 Å². The average Bonchev–Trinajstić information content (AvgIpc) is 2.80. The van der Waals surface area contributed by atoms with Crippen LogP contribution in [0.5, 0.6) is 0 Å². The van der Waals surface area contributed by atoms with Gasteiger partial charge in [-0.2, -0.15) is 0 Å². The summed E-state index contributed by atoms with van der Waals surface area (Å²) in [6, 6.07) is 0. The van der Waals surface area contributed by atoms with E-state index >= 15 is 0 Å². The number of fused-ring (bicyclic) bond motifs is 3. The molecule has 2 fully saturated rings. The standard InChI is InChI=1S/C15H20O3/c1-3-4-10-6-5-9(2)13-14(10)11(16)7-12-15(13)18-8-17-12/h3,6,11-16H,1-2,4-5,7-8H2/t11-,12+,13+,14?,15+/m1/s1. The monoisotopic (exact) mass is 248 g/mol. The fraction of sp³-hybridized carbons (Fsp3) is 0.600. The summed E-state index contributed by atoms with van der Waals surface area (Å²) in [5.41, 5.74) is 2.44. The molecular formula is C15H20O3. The Bertz CT molecular complexity index is 399. The Morgan fingerprint density at radius 1 is 1.39 bits per heavy atom. The number of rotatable bonds is 2. The number of allylic oxidation sites excluding steroid dienone is 2. The van der Waals surface area contributed by atoms with Crippen LogP contribution in [0.1, 0.15) is 19.3 Å². The fourth-order valence-corrected chi connectivity index (χ4v) is 3.66. The maximum absolute atomic E-state index is 10.4. The van der Waals surface area contributed by atoms with Crippen LogP contribution < -0.4 is 0 Å². The van der Waals surface area contributed by atoms with Crippen LogP contribution in [0.4, 0.5) is 0 Å². The first-order valence-electron chi connectivity index (χ1n) is 6.61. The minimum absolute atomic E-state index is 0.0288. The summed E-state index contributed by atoms with van der Waals surface area (Å²) in [5, 5.41) is 10.4. The van der Waals surface area contributed by atoms with E-state index in [1.165, 1.54) is 5.57 Å². The highest BCUT2D eigenvalue weighted by Crippen LogP contribution is 2.47. The van der Waals surface area contributed by atoms with Gasteiger partial charge in [0.25, 0.3) is 0 Å². The summed E-state index contributed by atoms with van der Waals surface area (Å²) in [6.45, 7) is 8.32. The van der Waals surface area contributed by atoms with Gasteiger partial charge in [0, 0.05) is 18.3 Å². The molecule has 0 aromatic heterocycles. The Hall–Kier alpha value is -0.900. The molecule has 5 atom stereocenters. The van der Waals surface area contributed by atoms with Gasteiger partial charge in [-0.25, -0.2) is 0 Å². The van der Waals surface area contributed by atoms with Crippen LogP contribution in [-0.2, 0) is 9.47 Å². The van der Waals surface area contributed by atoms with Crippen molar-refractivity contribution < 1.29 is 14.6 Å². The molecule has 0 aromatic carbocycles. The number of hydrogen-bond acceptors (Lipinski definition) is 3. The van der Waals surface area contributed by atoms with E-state index in [-0.39, 0.29) is 30.1 Å². The van der Waals surface area contributed by atoms with E-state index in [2.05, 4.69) is 19.2 Å². The highest BCUT2D eigenvalue weighted by Gasteiger charge is 2.50. The van der Waals surface area contributed by atoms with Crippen molar-refractivity contribution in [3.8, 4) is 0 Å². The summed E-state index contributed by atoms with van der Waals surface area (Å²) >= 11 is 0. The molecule has 3 nitrogen and oxygen atoms in total. The Morgan fingerprint density at radius 2 is 2.22 bits per heavy atom. The molecule has 1 heterocycles. The van der Waals surface area contributed by atoms with Gasteiger partial charge in [-0.15, -0.1) is 6.58 Å². The average molecular weight is 248 g/mol. The molecule has 1 saturated carbocycles. The first-order chi connectivity index (χ1) is 8.72. The molecule has 1 saturated heterocycles. The molecule has 2 aliphatic carbocycles. The van der Waals surface area contributed by atoms with Gasteiger partial charge in [0.2, 0.25) is 0 Å². The van der Waals surface area contributed by atoms with E-state index < -0.39 is 0 Å². The normalized spacial score (nSPS) is 43.1. The van der Waals surface area contributed by atoms with Gasteiger partial charge in [-0.3, -0.25) is 0 Å².